The molecule has 1 aliphatic rings. The highest BCUT2D eigenvalue weighted by molar-refractivity contribution is 6.50. The monoisotopic (exact) mass is 404 g/mol. The van der Waals surface area contributed by atoms with E-state index in [2.05, 4.69) is 5.32 Å². The number of hydrogen-bond donors (Lipinski definition) is 4. The molecule has 0 aromatic heterocycles. The summed E-state index contributed by atoms with van der Waals surface area (Å²) in [6, 6.07) is 5.03. The lowest BCUT2D eigenvalue weighted by atomic mass is 10.0. The summed E-state index contributed by atoms with van der Waals surface area (Å²) in [5.41, 5.74) is 6.69. The first-order chi connectivity index (χ1) is 13.8. The molecule has 0 atom stereocenters. The quantitative estimate of drug-likeness (QED) is 0.368. The van der Waals surface area contributed by atoms with Gasteiger partial charge in [0.25, 0.3) is 0 Å². The minimum atomic E-state index is -0.566. The summed E-state index contributed by atoms with van der Waals surface area (Å²) < 4.78 is 18.2. The topological polar surface area (TPSA) is 119 Å². The van der Waals surface area contributed by atoms with Crippen LogP contribution in [0.2, 0.25) is 0 Å². The smallest absolute Gasteiger partial charge is 0.242 e. The van der Waals surface area contributed by atoms with Crippen LogP contribution in [0, 0.1) is 10.8 Å². The van der Waals surface area contributed by atoms with Crippen molar-refractivity contribution in [2.45, 2.75) is 20.0 Å². The number of nitrogens with one attached hydrogen (secondary N) is 3. The van der Waals surface area contributed by atoms with Gasteiger partial charge in [-0.15, -0.1) is 0 Å². The van der Waals surface area contributed by atoms with Crippen molar-refractivity contribution < 1.29 is 13.9 Å². The van der Waals surface area contributed by atoms with Gasteiger partial charge in [-0.1, -0.05) is 0 Å². The van der Waals surface area contributed by atoms with Gasteiger partial charge in [0.1, 0.15) is 18.2 Å². The average molecular weight is 404 g/mol. The van der Waals surface area contributed by atoms with Crippen LogP contribution in [0.3, 0.4) is 0 Å². The summed E-state index contributed by atoms with van der Waals surface area (Å²) in [4.78, 5) is 15.4. The Morgan fingerprint density at radius 2 is 2.10 bits per heavy atom. The van der Waals surface area contributed by atoms with Crippen molar-refractivity contribution in [2.75, 3.05) is 45.6 Å². The Kier molecular flexibility index (Phi) is 7.58. The second kappa shape index (κ2) is 9.90. The number of nitrogens with zero attached hydrogens (tertiary/aromatic N) is 2. The Bertz CT molecular complexity index is 808. The molecule has 158 valence electrons. The van der Waals surface area contributed by atoms with E-state index in [0.717, 1.165) is 0 Å². The van der Waals surface area contributed by atoms with Crippen LogP contribution in [0.4, 0.5) is 10.1 Å². The highest BCUT2D eigenvalue weighted by atomic mass is 19.1. The maximum atomic E-state index is 12.5. The minimum Gasteiger partial charge on any atom is -0.491 e. The molecular formula is C20H29FN6O2. The fourth-order valence-electron chi connectivity index (χ4n) is 3.03. The molecule has 8 nitrogen and oxygen atoms in total. The highest BCUT2D eigenvalue weighted by Crippen LogP contribution is 2.22. The second-order valence-electron chi connectivity index (χ2n) is 6.98. The number of ether oxygens (including phenoxy) is 1. The molecule has 9 heteroatoms. The molecule has 1 aliphatic heterocycles. The van der Waals surface area contributed by atoms with Crippen molar-refractivity contribution in [3.8, 4) is 5.75 Å². The zero-order valence-electron chi connectivity index (χ0n) is 17.1. The Morgan fingerprint density at radius 3 is 2.69 bits per heavy atom. The lowest BCUT2D eigenvalue weighted by Gasteiger charge is -2.36. The molecule has 1 aromatic carbocycles. The summed E-state index contributed by atoms with van der Waals surface area (Å²) in [6.45, 7) is 4.35. The molecule has 0 aliphatic carbocycles. The third-order valence-corrected chi connectivity index (χ3v) is 4.49. The van der Waals surface area contributed by atoms with Gasteiger partial charge in [-0.05, 0) is 32.0 Å². The lowest BCUT2D eigenvalue weighted by molar-refractivity contribution is -0.135. The zero-order chi connectivity index (χ0) is 21.6. The molecule has 0 unspecified atom stereocenters. The highest BCUT2D eigenvalue weighted by Gasteiger charge is 2.25. The number of rotatable bonds is 9. The average Bonchev–Trinajstić information content (AvgIpc) is 2.68. The van der Waals surface area contributed by atoms with Crippen molar-refractivity contribution in [2.24, 2.45) is 0 Å². The van der Waals surface area contributed by atoms with Crippen LogP contribution in [0.15, 0.2) is 30.1 Å². The molecule has 5 N–H and O–H groups in total. The molecule has 0 bridgehead atoms. The number of carbonyl (C=O) groups excluding carboxylic acids is 1. The fraction of sp³-hybridized carbons (Fsp3) is 0.450. The van der Waals surface area contributed by atoms with Crippen molar-refractivity contribution in [1.82, 2.24) is 15.1 Å². The van der Waals surface area contributed by atoms with Gasteiger partial charge in [-0.2, -0.15) is 0 Å². The van der Waals surface area contributed by atoms with Gasteiger partial charge >= 0.3 is 0 Å². The number of allylic oxidation sites excluding steroid dienone is 1. The molecule has 1 saturated heterocycles. The van der Waals surface area contributed by atoms with E-state index >= 15 is 0 Å². The number of anilines is 1. The van der Waals surface area contributed by atoms with Crippen molar-refractivity contribution >= 4 is 23.0 Å². The predicted octanol–water partition coefficient (Wildman–Crippen LogP) is 1.62. The Labute approximate surface area is 170 Å². The number of nitrogen functional groups attached to an aromatic ring is 1. The van der Waals surface area contributed by atoms with E-state index in [1.165, 1.54) is 11.0 Å². The minimum absolute atomic E-state index is 0.0236. The summed E-state index contributed by atoms with van der Waals surface area (Å²) in [6.07, 6.45) is 1.47. The van der Waals surface area contributed by atoms with E-state index < -0.39 is 6.67 Å². The van der Waals surface area contributed by atoms with Gasteiger partial charge < -0.3 is 25.6 Å². The molecule has 0 radical (unpaired) electrons. The van der Waals surface area contributed by atoms with Gasteiger partial charge in [0, 0.05) is 44.0 Å². The SMILES string of the molecule is CN/C(=C\C(=N)C(=N)c1cc(OC(C)C)ccc1N)N1CCN(CCF)C(=O)C1. The van der Waals surface area contributed by atoms with Crippen molar-refractivity contribution in [3.63, 3.8) is 0 Å². The molecular weight excluding hydrogens is 375 g/mol. The van der Waals surface area contributed by atoms with Crippen LogP contribution in [-0.2, 0) is 4.79 Å². The van der Waals surface area contributed by atoms with Crippen LogP contribution in [-0.4, -0.2) is 73.1 Å². The van der Waals surface area contributed by atoms with Crippen LogP contribution < -0.4 is 15.8 Å². The number of halogens is 1. The molecule has 29 heavy (non-hydrogen) atoms. The molecule has 1 aromatic rings. The summed E-state index contributed by atoms with van der Waals surface area (Å²) >= 11 is 0. The van der Waals surface area contributed by atoms with E-state index in [0.29, 0.717) is 35.9 Å². The third kappa shape index (κ3) is 5.69. The number of hydrogen-bond acceptors (Lipinski definition) is 7. The van der Waals surface area contributed by atoms with Crippen LogP contribution in [0.1, 0.15) is 19.4 Å². The van der Waals surface area contributed by atoms with Gasteiger partial charge in [0.2, 0.25) is 5.91 Å². The first-order valence-electron chi connectivity index (χ1n) is 9.49. The molecule has 1 fully saturated rings. The number of alkyl halides is 1. The fourth-order valence-corrected chi connectivity index (χ4v) is 3.03. The Hall–Kier alpha value is -3.10. The number of piperazine rings is 1. The first kappa shape index (κ1) is 22.2. The predicted molar refractivity (Wildman–Crippen MR) is 112 cm³/mol. The maximum Gasteiger partial charge on any atom is 0.242 e. The second-order valence-corrected chi connectivity index (χ2v) is 6.98. The van der Waals surface area contributed by atoms with E-state index in [9.17, 15) is 9.18 Å². The van der Waals surface area contributed by atoms with E-state index in [1.807, 2.05) is 13.8 Å². The molecule has 2 rings (SSSR count). The number of nitrogens with two attached hydrogens (primary N) is 1. The van der Waals surface area contributed by atoms with E-state index in [4.69, 9.17) is 21.3 Å². The maximum absolute atomic E-state index is 12.5. The molecule has 0 spiro atoms. The Morgan fingerprint density at radius 1 is 1.38 bits per heavy atom. The largest absolute Gasteiger partial charge is 0.491 e. The number of benzene rings is 1. The van der Waals surface area contributed by atoms with Crippen molar-refractivity contribution in [1.29, 1.82) is 10.8 Å². The number of amides is 1. The summed E-state index contributed by atoms with van der Waals surface area (Å²) in [7, 11) is 1.69. The Balaban J connectivity index is 2.17. The van der Waals surface area contributed by atoms with Gasteiger partial charge in [-0.3, -0.25) is 15.6 Å². The van der Waals surface area contributed by atoms with E-state index in [-0.39, 0.29) is 36.5 Å². The van der Waals surface area contributed by atoms with Crippen LogP contribution in [0.25, 0.3) is 0 Å². The van der Waals surface area contributed by atoms with Crippen LogP contribution >= 0.6 is 0 Å². The summed E-state index contributed by atoms with van der Waals surface area (Å²) in [5.74, 6) is 0.953. The van der Waals surface area contributed by atoms with Crippen LogP contribution in [0.5, 0.6) is 5.75 Å². The standard InChI is InChI=1S/C20H29FN6O2/c1-13(2)29-14-4-5-16(22)15(10-14)20(24)17(23)11-18(25-3)27-9-8-26(7-6-21)19(28)12-27/h4-5,10-11,13,23-25H,6-9,12,22H2,1-3H3/b18-11+,23-17?,24-20?. The van der Waals surface area contributed by atoms with Crippen molar-refractivity contribution in [3.05, 3.63) is 35.7 Å². The lowest BCUT2D eigenvalue weighted by Crippen LogP contribution is -2.51. The first-order valence-corrected chi connectivity index (χ1v) is 9.49. The molecule has 1 amide bonds. The third-order valence-electron chi connectivity index (χ3n) is 4.49. The zero-order valence-corrected chi connectivity index (χ0v) is 17.1. The molecule has 1 heterocycles. The van der Waals surface area contributed by atoms with Gasteiger partial charge in [-0.25, -0.2) is 4.39 Å². The van der Waals surface area contributed by atoms with E-state index in [1.54, 1.807) is 30.1 Å². The molecule has 0 saturated carbocycles. The normalized spacial score (nSPS) is 14.9. The van der Waals surface area contributed by atoms with Gasteiger partial charge in [0.15, 0.2) is 0 Å². The summed E-state index contributed by atoms with van der Waals surface area (Å²) in [5, 5.41) is 19.7. The number of carbonyl (C=O) groups is 1. The van der Waals surface area contributed by atoms with Gasteiger partial charge in [0.05, 0.1) is 24.1 Å².